The van der Waals surface area contributed by atoms with Crippen LogP contribution in [0.15, 0.2) is 46.9 Å². The fourth-order valence-corrected chi connectivity index (χ4v) is 2.19. The van der Waals surface area contributed by atoms with Gasteiger partial charge in [0.2, 0.25) is 0 Å². The van der Waals surface area contributed by atoms with E-state index in [2.05, 4.69) is 27.3 Å². The van der Waals surface area contributed by atoms with Crippen LogP contribution in [0.2, 0.25) is 0 Å². The van der Waals surface area contributed by atoms with Gasteiger partial charge < -0.3 is 5.32 Å². The molecule has 1 atom stereocenters. The van der Waals surface area contributed by atoms with Gasteiger partial charge in [-0.1, -0.05) is 28.1 Å². The summed E-state index contributed by atoms with van der Waals surface area (Å²) in [5.41, 5.74) is 2.13. The fraction of sp³-hybridized carbons (Fsp3) is 0.133. The van der Waals surface area contributed by atoms with Gasteiger partial charge >= 0.3 is 0 Å². The molecule has 2 rings (SSSR count). The first kappa shape index (κ1) is 13.6. The Hall–Kier alpha value is -1.86. The number of nitrogens with one attached hydrogen (secondary N) is 1. The van der Waals surface area contributed by atoms with Crippen molar-refractivity contribution in [3.63, 3.8) is 0 Å². The highest BCUT2D eigenvalue weighted by Gasteiger charge is 2.09. The number of rotatable bonds is 3. The Morgan fingerprint density at radius 1 is 1.26 bits per heavy atom. The van der Waals surface area contributed by atoms with Crippen LogP contribution in [0.1, 0.15) is 24.1 Å². The molecule has 96 valence electrons. The van der Waals surface area contributed by atoms with Gasteiger partial charge in [0, 0.05) is 10.5 Å². The molecule has 1 N–H and O–H groups in total. The molecule has 4 heteroatoms. The van der Waals surface area contributed by atoms with Gasteiger partial charge in [-0.25, -0.2) is 4.39 Å². The van der Waals surface area contributed by atoms with Crippen LogP contribution >= 0.6 is 15.9 Å². The molecule has 0 bridgehead atoms. The van der Waals surface area contributed by atoms with Crippen LogP contribution < -0.4 is 5.32 Å². The summed E-state index contributed by atoms with van der Waals surface area (Å²) >= 11 is 3.37. The first-order chi connectivity index (χ1) is 9.10. The summed E-state index contributed by atoms with van der Waals surface area (Å²) in [5.74, 6) is -0.263. The maximum atomic E-state index is 13.2. The van der Waals surface area contributed by atoms with E-state index in [9.17, 15) is 4.39 Å². The van der Waals surface area contributed by atoms with Gasteiger partial charge in [0.25, 0.3) is 0 Å². The topological polar surface area (TPSA) is 35.8 Å². The highest BCUT2D eigenvalue weighted by molar-refractivity contribution is 9.10. The molecule has 0 saturated carbocycles. The molecule has 2 nitrogen and oxygen atoms in total. The summed E-state index contributed by atoms with van der Waals surface area (Å²) in [4.78, 5) is 0. The summed E-state index contributed by atoms with van der Waals surface area (Å²) in [6.07, 6.45) is 0. The van der Waals surface area contributed by atoms with Gasteiger partial charge in [0.15, 0.2) is 0 Å². The minimum absolute atomic E-state index is 0.0860. The van der Waals surface area contributed by atoms with E-state index < -0.39 is 0 Å². The van der Waals surface area contributed by atoms with E-state index in [-0.39, 0.29) is 11.9 Å². The van der Waals surface area contributed by atoms with E-state index in [0.717, 1.165) is 15.7 Å². The molecule has 0 heterocycles. The number of nitrogens with zero attached hydrogens (tertiary/aromatic N) is 1. The quantitative estimate of drug-likeness (QED) is 0.895. The van der Waals surface area contributed by atoms with Crippen molar-refractivity contribution in [1.82, 2.24) is 0 Å². The summed E-state index contributed by atoms with van der Waals surface area (Å²) in [7, 11) is 0. The van der Waals surface area contributed by atoms with Crippen molar-refractivity contribution < 1.29 is 4.39 Å². The van der Waals surface area contributed by atoms with Crippen molar-refractivity contribution in [2.75, 3.05) is 5.32 Å². The molecule has 0 spiro atoms. The zero-order chi connectivity index (χ0) is 13.8. The number of halogens is 2. The lowest BCUT2D eigenvalue weighted by Gasteiger charge is -2.17. The number of hydrogen-bond donors (Lipinski definition) is 1. The Kier molecular flexibility index (Phi) is 4.18. The van der Waals surface area contributed by atoms with Gasteiger partial charge in [0.1, 0.15) is 11.9 Å². The van der Waals surface area contributed by atoms with Crippen LogP contribution in [0.5, 0.6) is 0 Å². The monoisotopic (exact) mass is 318 g/mol. The van der Waals surface area contributed by atoms with Crippen LogP contribution in [-0.2, 0) is 0 Å². The second-order valence-corrected chi connectivity index (χ2v) is 5.14. The first-order valence-electron chi connectivity index (χ1n) is 5.82. The second kappa shape index (κ2) is 5.85. The third-order valence-corrected chi connectivity index (χ3v) is 3.32. The van der Waals surface area contributed by atoms with Crippen molar-refractivity contribution in [2.24, 2.45) is 0 Å². The van der Waals surface area contributed by atoms with E-state index in [1.54, 1.807) is 12.1 Å². The van der Waals surface area contributed by atoms with E-state index in [1.807, 2.05) is 25.1 Å². The Morgan fingerprint density at radius 3 is 2.74 bits per heavy atom. The largest absolute Gasteiger partial charge is 0.377 e. The Morgan fingerprint density at radius 2 is 2.05 bits per heavy atom. The molecule has 1 unspecified atom stereocenters. The Bertz CT molecular complexity index is 634. The third-order valence-electron chi connectivity index (χ3n) is 2.82. The molecule has 0 amide bonds. The molecule has 0 aliphatic carbocycles. The van der Waals surface area contributed by atoms with Crippen LogP contribution in [-0.4, -0.2) is 0 Å². The summed E-state index contributed by atoms with van der Waals surface area (Å²) in [6.45, 7) is 1.93. The first-order valence-corrected chi connectivity index (χ1v) is 6.61. The minimum Gasteiger partial charge on any atom is -0.377 e. The lowest BCUT2D eigenvalue weighted by atomic mass is 10.1. The minimum atomic E-state index is -0.263. The predicted octanol–water partition coefficient (Wildman–Crippen LogP) is 4.63. The van der Waals surface area contributed by atoms with E-state index >= 15 is 0 Å². The second-order valence-electron chi connectivity index (χ2n) is 4.22. The van der Waals surface area contributed by atoms with Crippen LogP contribution in [0, 0.1) is 17.1 Å². The van der Waals surface area contributed by atoms with Crippen molar-refractivity contribution >= 4 is 21.6 Å². The van der Waals surface area contributed by atoms with Gasteiger partial charge in [-0.15, -0.1) is 0 Å². The van der Waals surface area contributed by atoms with Crippen LogP contribution in [0.4, 0.5) is 10.1 Å². The molecule has 0 aromatic heterocycles. The van der Waals surface area contributed by atoms with Crippen molar-refractivity contribution in [2.45, 2.75) is 13.0 Å². The van der Waals surface area contributed by atoms with Crippen molar-refractivity contribution in [3.8, 4) is 6.07 Å². The zero-order valence-electron chi connectivity index (χ0n) is 10.3. The lowest BCUT2D eigenvalue weighted by molar-refractivity contribution is 0.623. The standard InChI is InChI=1S/C15H12BrFN2/c1-10(11-3-2-4-14(17)7-11)19-15-8-13(16)6-5-12(15)9-18/h2-8,10,19H,1H3. The van der Waals surface area contributed by atoms with E-state index in [0.29, 0.717) is 5.56 Å². The molecule has 2 aromatic carbocycles. The van der Waals surface area contributed by atoms with Gasteiger partial charge in [-0.2, -0.15) is 5.26 Å². The summed E-state index contributed by atoms with van der Waals surface area (Å²) in [6, 6.07) is 13.9. The van der Waals surface area contributed by atoms with Crippen molar-refractivity contribution in [3.05, 3.63) is 63.9 Å². The average molecular weight is 319 g/mol. The molecule has 0 aliphatic heterocycles. The SMILES string of the molecule is CC(Nc1cc(Br)ccc1C#N)c1cccc(F)c1. The maximum Gasteiger partial charge on any atom is 0.123 e. The smallest absolute Gasteiger partial charge is 0.123 e. The Balaban J connectivity index is 2.26. The number of hydrogen-bond acceptors (Lipinski definition) is 2. The third kappa shape index (κ3) is 3.33. The van der Waals surface area contributed by atoms with E-state index in [1.165, 1.54) is 12.1 Å². The molecular weight excluding hydrogens is 307 g/mol. The average Bonchev–Trinajstić information content (AvgIpc) is 2.39. The molecule has 2 aromatic rings. The van der Waals surface area contributed by atoms with Crippen molar-refractivity contribution in [1.29, 1.82) is 5.26 Å². The Labute approximate surface area is 120 Å². The highest BCUT2D eigenvalue weighted by atomic mass is 79.9. The highest BCUT2D eigenvalue weighted by Crippen LogP contribution is 2.25. The predicted molar refractivity (Wildman–Crippen MR) is 77.3 cm³/mol. The summed E-state index contributed by atoms with van der Waals surface area (Å²) < 4.78 is 14.1. The van der Waals surface area contributed by atoms with Crippen LogP contribution in [0.25, 0.3) is 0 Å². The molecule has 0 aliphatic rings. The molecule has 0 fully saturated rings. The number of anilines is 1. The van der Waals surface area contributed by atoms with E-state index in [4.69, 9.17) is 5.26 Å². The van der Waals surface area contributed by atoms with Gasteiger partial charge in [-0.3, -0.25) is 0 Å². The van der Waals surface area contributed by atoms with Crippen LogP contribution in [0.3, 0.4) is 0 Å². The fourth-order valence-electron chi connectivity index (χ4n) is 1.83. The maximum absolute atomic E-state index is 13.2. The van der Waals surface area contributed by atoms with Gasteiger partial charge in [0.05, 0.1) is 11.3 Å². The molecule has 0 saturated heterocycles. The number of nitriles is 1. The van der Waals surface area contributed by atoms with Gasteiger partial charge in [-0.05, 0) is 42.8 Å². The molecule has 19 heavy (non-hydrogen) atoms. The summed E-state index contributed by atoms with van der Waals surface area (Å²) in [5, 5.41) is 12.3. The number of benzene rings is 2. The molecule has 0 radical (unpaired) electrons. The lowest BCUT2D eigenvalue weighted by Crippen LogP contribution is -2.08. The molecular formula is C15H12BrFN2. The normalized spacial score (nSPS) is 11.7. The zero-order valence-corrected chi connectivity index (χ0v) is 11.9.